The van der Waals surface area contributed by atoms with E-state index < -0.39 is 6.04 Å². The lowest BCUT2D eigenvalue weighted by atomic mass is 10.0. The van der Waals surface area contributed by atoms with Gasteiger partial charge in [-0.2, -0.15) is 0 Å². The number of nitrogens with one attached hydrogen (secondary N) is 1. The van der Waals surface area contributed by atoms with Crippen LogP contribution in [0, 0.1) is 13.8 Å². The molecule has 1 atom stereocenters. The number of rotatable bonds is 4. The Morgan fingerprint density at radius 1 is 1.22 bits per heavy atom. The Balaban J connectivity index is 1.79. The van der Waals surface area contributed by atoms with Gasteiger partial charge in [0, 0.05) is 5.71 Å². The zero-order valence-corrected chi connectivity index (χ0v) is 13.9. The van der Waals surface area contributed by atoms with Gasteiger partial charge in [-0.25, -0.2) is 9.98 Å². The average molecular weight is 311 g/mol. The highest BCUT2D eigenvalue weighted by Gasteiger charge is 2.22. The van der Waals surface area contributed by atoms with Gasteiger partial charge in [0.05, 0.1) is 6.54 Å². The van der Waals surface area contributed by atoms with E-state index in [0.29, 0.717) is 12.4 Å². The first kappa shape index (κ1) is 15.6. The van der Waals surface area contributed by atoms with Gasteiger partial charge in [-0.05, 0) is 43.9 Å². The van der Waals surface area contributed by atoms with Crippen LogP contribution in [0.1, 0.15) is 37.3 Å². The van der Waals surface area contributed by atoms with Crippen LogP contribution in [0.25, 0.3) is 11.1 Å². The molecule has 1 unspecified atom stereocenters. The number of hydrogen-bond donors (Lipinski definition) is 1. The summed E-state index contributed by atoms with van der Waals surface area (Å²) in [6.45, 7) is 8.34. The van der Waals surface area contributed by atoms with E-state index in [2.05, 4.69) is 22.2 Å². The van der Waals surface area contributed by atoms with Crippen molar-refractivity contribution in [3.63, 3.8) is 0 Å². The van der Waals surface area contributed by atoms with Crippen molar-refractivity contribution >= 4 is 22.7 Å². The summed E-state index contributed by atoms with van der Waals surface area (Å²) in [5.74, 6) is 0.422. The Hall–Kier alpha value is -2.27. The minimum atomic E-state index is -0.411. The van der Waals surface area contributed by atoms with Gasteiger partial charge in [-0.3, -0.25) is 10.1 Å². The number of hydrogen-bond acceptors (Lipinski definition) is 4. The summed E-state index contributed by atoms with van der Waals surface area (Å²) in [7, 11) is 0. The summed E-state index contributed by atoms with van der Waals surface area (Å²) >= 11 is 0. The first-order chi connectivity index (χ1) is 11.0. The Morgan fingerprint density at radius 2 is 1.96 bits per heavy atom. The van der Waals surface area contributed by atoms with Crippen molar-refractivity contribution in [2.24, 2.45) is 4.99 Å². The molecule has 0 aliphatic carbocycles. The zero-order chi connectivity index (χ0) is 16.6. The SMILES string of the molecule is CCC1=CC(NCc2nc3c(C)ccc(C)c3o2)C(=O)N=C1C. The van der Waals surface area contributed by atoms with Crippen LogP contribution in [0.4, 0.5) is 0 Å². The Kier molecular flexibility index (Phi) is 4.13. The van der Waals surface area contributed by atoms with Crippen molar-refractivity contribution < 1.29 is 9.21 Å². The van der Waals surface area contributed by atoms with Gasteiger partial charge in [-0.1, -0.05) is 25.1 Å². The molecule has 120 valence electrons. The van der Waals surface area contributed by atoms with Crippen LogP contribution in [0.15, 0.2) is 33.2 Å². The Morgan fingerprint density at radius 3 is 2.65 bits per heavy atom. The normalized spacial score (nSPS) is 18.3. The Labute approximate surface area is 135 Å². The van der Waals surface area contributed by atoms with Crippen LogP contribution in [0.3, 0.4) is 0 Å². The number of dihydropyridines is 1. The fourth-order valence-electron chi connectivity index (χ4n) is 2.80. The molecule has 1 aromatic carbocycles. The first-order valence-electron chi connectivity index (χ1n) is 7.88. The van der Waals surface area contributed by atoms with Gasteiger partial charge in [0.15, 0.2) is 5.58 Å². The molecule has 1 aliphatic heterocycles. The molecule has 1 N–H and O–H groups in total. The van der Waals surface area contributed by atoms with Crippen molar-refractivity contribution in [1.82, 2.24) is 10.3 Å². The molecule has 1 aliphatic rings. The summed E-state index contributed by atoms with van der Waals surface area (Å²) in [5, 5.41) is 3.18. The molecule has 2 heterocycles. The van der Waals surface area contributed by atoms with Crippen LogP contribution in [-0.2, 0) is 11.3 Å². The number of benzene rings is 1. The van der Waals surface area contributed by atoms with Crippen LogP contribution >= 0.6 is 0 Å². The van der Waals surface area contributed by atoms with Crippen molar-refractivity contribution in [3.8, 4) is 0 Å². The third-order valence-corrected chi connectivity index (χ3v) is 4.22. The third-order valence-electron chi connectivity index (χ3n) is 4.22. The summed E-state index contributed by atoms with van der Waals surface area (Å²) in [5.41, 5.74) is 5.76. The lowest BCUT2D eigenvalue weighted by Crippen LogP contribution is -2.37. The second-order valence-corrected chi connectivity index (χ2v) is 5.92. The van der Waals surface area contributed by atoms with E-state index in [4.69, 9.17) is 4.42 Å². The molecule has 0 radical (unpaired) electrons. The molecule has 0 fully saturated rings. The van der Waals surface area contributed by atoms with Gasteiger partial charge < -0.3 is 4.42 Å². The summed E-state index contributed by atoms with van der Waals surface area (Å²) in [4.78, 5) is 20.7. The highest BCUT2D eigenvalue weighted by Crippen LogP contribution is 2.23. The summed E-state index contributed by atoms with van der Waals surface area (Å²) < 4.78 is 5.84. The predicted octanol–water partition coefficient (Wildman–Crippen LogP) is 3.24. The van der Waals surface area contributed by atoms with Crippen LogP contribution < -0.4 is 5.32 Å². The standard InChI is InChI=1S/C18H21N3O2/c1-5-13-8-14(18(22)20-12(13)4)19-9-15-21-16-10(2)6-7-11(3)17(16)23-15/h6-8,14,19H,5,9H2,1-4H3. The smallest absolute Gasteiger partial charge is 0.267 e. The van der Waals surface area contributed by atoms with E-state index in [1.54, 1.807) is 0 Å². The number of carbonyl (C=O) groups is 1. The van der Waals surface area contributed by atoms with Crippen molar-refractivity contribution in [3.05, 3.63) is 40.8 Å². The Bertz CT molecular complexity index is 791. The molecule has 0 bridgehead atoms. The molecule has 3 rings (SSSR count). The van der Waals surface area contributed by atoms with Gasteiger partial charge in [-0.15, -0.1) is 0 Å². The van der Waals surface area contributed by atoms with Gasteiger partial charge in [0.25, 0.3) is 5.91 Å². The van der Waals surface area contributed by atoms with Gasteiger partial charge in [0.2, 0.25) is 5.89 Å². The topological polar surface area (TPSA) is 67.5 Å². The molecule has 0 spiro atoms. The lowest BCUT2D eigenvalue weighted by Gasteiger charge is -2.17. The monoisotopic (exact) mass is 311 g/mol. The van der Waals surface area contributed by atoms with Crippen LogP contribution in [0.2, 0.25) is 0 Å². The first-order valence-corrected chi connectivity index (χ1v) is 7.88. The third kappa shape index (κ3) is 2.97. The van der Waals surface area contributed by atoms with Gasteiger partial charge >= 0.3 is 0 Å². The predicted molar refractivity (Wildman–Crippen MR) is 90.6 cm³/mol. The fraction of sp³-hybridized carbons (Fsp3) is 0.389. The maximum atomic E-state index is 12.0. The van der Waals surface area contributed by atoms with Crippen molar-refractivity contribution in [2.75, 3.05) is 0 Å². The van der Waals surface area contributed by atoms with Crippen LogP contribution in [0.5, 0.6) is 0 Å². The van der Waals surface area contributed by atoms with Crippen LogP contribution in [-0.4, -0.2) is 22.6 Å². The number of amides is 1. The highest BCUT2D eigenvalue weighted by atomic mass is 16.3. The van der Waals surface area contributed by atoms with E-state index >= 15 is 0 Å². The molecule has 0 saturated heterocycles. The minimum absolute atomic E-state index is 0.164. The van der Waals surface area contributed by atoms with Crippen molar-refractivity contribution in [1.29, 1.82) is 0 Å². The van der Waals surface area contributed by atoms with Crippen molar-refractivity contribution in [2.45, 2.75) is 46.7 Å². The largest absolute Gasteiger partial charge is 0.439 e. The molecule has 2 aromatic rings. The highest BCUT2D eigenvalue weighted by molar-refractivity contribution is 6.09. The number of oxazole rings is 1. The number of aliphatic imine (C=N–C) groups is 1. The molecular weight excluding hydrogens is 290 g/mol. The van der Waals surface area contributed by atoms with E-state index in [-0.39, 0.29) is 5.91 Å². The molecule has 5 heteroatoms. The van der Waals surface area contributed by atoms with E-state index in [1.165, 1.54) is 0 Å². The van der Waals surface area contributed by atoms with Gasteiger partial charge in [0.1, 0.15) is 11.6 Å². The quantitative estimate of drug-likeness (QED) is 0.941. The molecule has 5 nitrogen and oxygen atoms in total. The fourth-order valence-corrected chi connectivity index (χ4v) is 2.80. The number of nitrogens with zero attached hydrogens (tertiary/aromatic N) is 2. The number of allylic oxidation sites excluding steroid dienone is 1. The van der Waals surface area contributed by atoms with E-state index in [1.807, 2.05) is 39.0 Å². The number of aryl methyl sites for hydroxylation is 2. The molecular formula is C18H21N3O2. The molecule has 1 amide bonds. The molecule has 0 saturated carbocycles. The summed E-state index contributed by atoms with van der Waals surface area (Å²) in [6, 6.07) is 3.65. The lowest BCUT2D eigenvalue weighted by molar-refractivity contribution is -0.118. The second-order valence-electron chi connectivity index (χ2n) is 5.92. The number of carbonyl (C=O) groups excluding carboxylic acids is 1. The zero-order valence-electron chi connectivity index (χ0n) is 13.9. The maximum absolute atomic E-state index is 12.0. The minimum Gasteiger partial charge on any atom is -0.439 e. The second kappa shape index (κ2) is 6.08. The summed E-state index contributed by atoms with van der Waals surface area (Å²) in [6.07, 6.45) is 2.81. The molecule has 23 heavy (non-hydrogen) atoms. The molecule has 1 aromatic heterocycles. The van der Waals surface area contributed by atoms with E-state index in [0.717, 1.165) is 39.9 Å². The number of fused-ring (bicyclic) bond motifs is 1. The van der Waals surface area contributed by atoms with E-state index in [9.17, 15) is 4.79 Å². The average Bonchev–Trinajstić information content (AvgIpc) is 2.96. The number of aromatic nitrogens is 1. The maximum Gasteiger partial charge on any atom is 0.267 e.